The maximum Gasteiger partial charge on any atom is 0.243 e. The van der Waals surface area contributed by atoms with Gasteiger partial charge >= 0.3 is 0 Å². The number of hydrogen-bond donors (Lipinski definition) is 1. The van der Waals surface area contributed by atoms with Gasteiger partial charge in [-0.2, -0.15) is 0 Å². The van der Waals surface area contributed by atoms with Gasteiger partial charge in [0.2, 0.25) is 5.91 Å². The summed E-state index contributed by atoms with van der Waals surface area (Å²) in [4.78, 5) is 20.0. The summed E-state index contributed by atoms with van der Waals surface area (Å²) in [5.74, 6) is 0.0000463. The largest absolute Gasteiger partial charge is 0.373 e. The molecule has 0 radical (unpaired) electrons. The molecule has 1 aliphatic heterocycles. The van der Waals surface area contributed by atoms with E-state index in [-0.39, 0.29) is 24.2 Å². The van der Waals surface area contributed by atoms with Gasteiger partial charge in [0.15, 0.2) is 5.13 Å². The van der Waals surface area contributed by atoms with Crippen LogP contribution in [0.5, 0.6) is 0 Å². The van der Waals surface area contributed by atoms with Crippen molar-refractivity contribution in [3.63, 3.8) is 0 Å². The van der Waals surface area contributed by atoms with E-state index in [0.29, 0.717) is 5.13 Å². The van der Waals surface area contributed by atoms with Crippen LogP contribution in [0.2, 0.25) is 0 Å². The normalized spacial score (nSPS) is 25.4. The van der Waals surface area contributed by atoms with Crippen molar-refractivity contribution in [2.75, 3.05) is 18.4 Å². The molecule has 3 atom stereocenters. The fourth-order valence-electron chi connectivity index (χ4n) is 2.44. The lowest BCUT2D eigenvalue weighted by molar-refractivity contribution is -0.126. The molecule has 1 N–H and O–H groups in total. The van der Waals surface area contributed by atoms with Crippen molar-refractivity contribution in [2.45, 2.75) is 52.9 Å². The second-order valence-electron chi connectivity index (χ2n) is 5.54. The Morgan fingerprint density at radius 1 is 1.40 bits per heavy atom. The minimum absolute atomic E-state index is 0.0000463. The van der Waals surface area contributed by atoms with E-state index in [1.165, 1.54) is 11.3 Å². The van der Waals surface area contributed by atoms with Crippen LogP contribution < -0.4 is 5.32 Å². The van der Waals surface area contributed by atoms with Crippen LogP contribution >= 0.6 is 11.3 Å². The smallest absolute Gasteiger partial charge is 0.243 e. The van der Waals surface area contributed by atoms with Gasteiger partial charge in [0.1, 0.15) is 0 Å². The van der Waals surface area contributed by atoms with Crippen LogP contribution in [-0.2, 0) is 9.53 Å². The lowest BCUT2D eigenvalue weighted by atomic mass is 10.1. The number of carbonyl (C=O) groups excluding carboxylic acids is 1. The Labute approximate surface area is 124 Å². The van der Waals surface area contributed by atoms with E-state index in [9.17, 15) is 4.79 Å². The number of amides is 1. The standard InChI is InChI=1S/C14H23N3O2S/c1-8-6-17(7-9(2)19-8)11(4)13(18)16-14-15-10(3)12(5)20-14/h8-9,11H,6-7H2,1-5H3,(H,15,16,18)/t8-,9+,11-/m1/s1. The summed E-state index contributed by atoms with van der Waals surface area (Å²) in [5, 5.41) is 3.60. The molecule has 1 amide bonds. The number of aryl methyl sites for hydroxylation is 2. The van der Waals surface area contributed by atoms with Crippen molar-refractivity contribution >= 4 is 22.4 Å². The molecule has 6 heteroatoms. The molecule has 1 aromatic rings. The maximum absolute atomic E-state index is 12.3. The number of nitrogens with zero attached hydrogens (tertiary/aromatic N) is 2. The third-order valence-electron chi connectivity index (χ3n) is 3.63. The molecule has 5 nitrogen and oxygen atoms in total. The summed E-state index contributed by atoms with van der Waals surface area (Å²) in [5.41, 5.74) is 0.978. The molecule has 0 aromatic carbocycles. The highest BCUT2D eigenvalue weighted by Gasteiger charge is 2.29. The van der Waals surface area contributed by atoms with E-state index in [4.69, 9.17) is 4.74 Å². The first-order chi connectivity index (χ1) is 9.36. The maximum atomic E-state index is 12.3. The van der Waals surface area contributed by atoms with Crippen LogP contribution in [-0.4, -0.2) is 47.1 Å². The van der Waals surface area contributed by atoms with Gasteiger partial charge in [-0.3, -0.25) is 9.69 Å². The summed E-state index contributed by atoms with van der Waals surface area (Å²) in [7, 11) is 0. The fourth-order valence-corrected chi connectivity index (χ4v) is 3.25. The Hall–Kier alpha value is -0.980. The molecule has 112 valence electrons. The number of aromatic nitrogens is 1. The van der Waals surface area contributed by atoms with Crippen molar-refractivity contribution in [2.24, 2.45) is 0 Å². The molecule has 0 saturated carbocycles. The van der Waals surface area contributed by atoms with Crippen LogP contribution in [0.4, 0.5) is 5.13 Å². The van der Waals surface area contributed by atoms with Gasteiger partial charge in [-0.25, -0.2) is 4.98 Å². The zero-order valence-electron chi connectivity index (χ0n) is 12.8. The van der Waals surface area contributed by atoms with Crippen LogP contribution in [0.15, 0.2) is 0 Å². The molecule has 1 fully saturated rings. The van der Waals surface area contributed by atoms with E-state index >= 15 is 0 Å². The van der Waals surface area contributed by atoms with E-state index in [1.807, 2.05) is 34.6 Å². The average molecular weight is 297 g/mol. The highest BCUT2D eigenvalue weighted by Crippen LogP contribution is 2.22. The number of rotatable bonds is 3. The Morgan fingerprint density at radius 2 is 2.00 bits per heavy atom. The molecule has 20 heavy (non-hydrogen) atoms. The minimum Gasteiger partial charge on any atom is -0.373 e. The van der Waals surface area contributed by atoms with Gasteiger partial charge < -0.3 is 10.1 Å². The molecule has 2 rings (SSSR count). The van der Waals surface area contributed by atoms with Crippen LogP contribution in [0, 0.1) is 13.8 Å². The third-order valence-corrected chi connectivity index (χ3v) is 4.62. The Balaban J connectivity index is 1.97. The Kier molecular flexibility index (Phi) is 4.78. The monoisotopic (exact) mass is 297 g/mol. The summed E-state index contributed by atoms with van der Waals surface area (Å²) >= 11 is 1.52. The van der Waals surface area contributed by atoms with Crippen molar-refractivity contribution < 1.29 is 9.53 Å². The van der Waals surface area contributed by atoms with Gasteiger partial charge in [0.05, 0.1) is 23.9 Å². The van der Waals surface area contributed by atoms with Gasteiger partial charge in [-0.1, -0.05) is 0 Å². The summed E-state index contributed by atoms with van der Waals surface area (Å²) in [6, 6.07) is -0.173. The molecule has 1 aliphatic rings. The number of ether oxygens (including phenoxy) is 1. The first kappa shape index (κ1) is 15.4. The second kappa shape index (κ2) is 6.20. The zero-order valence-corrected chi connectivity index (χ0v) is 13.6. The van der Waals surface area contributed by atoms with Crippen LogP contribution in [0.25, 0.3) is 0 Å². The summed E-state index contributed by atoms with van der Waals surface area (Å²) in [6.07, 6.45) is 0.330. The van der Waals surface area contributed by atoms with Crippen LogP contribution in [0.3, 0.4) is 0 Å². The number of thiazole rings is 1. The number of anilines is 1. The lowest BCUT2D eigenvalue weighted by Crippen LogP contribution is -2.52. The SMILES string of the molecule is Cc1nc(NC(=O)[C@@H](C)N2C[C@@H](C)O[C@@H](C)C2)sc1C. The topological polar surface area (TPSA) is 54.5 Å². The number of carbonyl (C=O) groups is 1. The van der Waals surface area contributed by atoms with Crippen molar-refractivity contribution in [3.8, 4) is 0 Å². The van der Waals surface area contributed by atoms with E-state index in [1.54, 1.807) is 0 Å². The van der Waals surface area contributed by atoms with Gasteiger partial charge in [-0.15, -0.1) is 11.3 Å². The Morgan fingerprint density at radius 3 is 2.50 bits per heavy atom. The van der Waals surface area contributed by atoms with Crippen molar-refractivity contribution in [1.82, 2.24) is 9.88 Å². The minimum atomic E-state index is -0.173. The highest BCUT2D eigenvalue weighted by molar-refractivity contribution is 7.15. The average Bonchev–Trinajstić information content (AvgIpc) is 2.66. The number of morpholine rings is 1. The summed E-state index contributed by atoms with van der Waals surface area (Å²) in [6.45, 7) is 11.6. The third kappa shape index (κ3) is 3.56. The van der Waals surface area contributed by atoms with Gasteiger partial charge in [-0.05, 0) is 34.6 Å². The first-order valence-electron chi connectivity index (χ1n) is 7.01. The number of nitrogens with one attached hydrogen (secondary N) is 1. The highest BCUT2D eigenvalue weighted by atomic mass is 32.1. The molecule has 1 aromatic heterocycles. The molecule has 2 heterocycles. The molecule has 0 spiro atoms. The molecule has 0 unspecified atom stereocenters. The lowest BCUT2D eigenvalue weighted by Gasteiger charge is -2.38. The van der Waals surface area contributed by atoms with Crippen molar-refractivity contribution in [3.05, 3.63) is 10.6 Å². The molecule has 0 bridgehead atoms. The molecular weight excluding hydrogens is 274 g/mol. The van der Waals surface area contributed by atoms with E-state index in [0.717, 1.165) is 23.7 Å². The Bertz CT molecular complexity index is 459. The zero-order chi connectivity index (χ0) is 14.9. The quantitative estimate of drug-likeness (QED) is 0.929. The molecular formula is C14H23N3O2S. The van der Waals surface area contributed by atoms with Crippen molar-refractivity contribution in [1.29, 1.82) is 0 Å². The molecule has 1 saturated heterocycles. The second-order valence-corrected chi connectivity index (χ2v) is 6.74. The predicted molar refractivity (Wildman–Crippen MR) is 81.3 cm³/mol. The van der Waals surface area contributed by atoms with Gasteiger partial charge in [0.25, 0.3) is 0 Å². The number of hydrogen-bond acceptors (Lipinski definition) is 5. The molecule has 0 aliphatic carbocycles. The van der Waals surface area contributed by atoms with Gasteiger partial charge in [0, 0.05) is 18.0 Å². The summed E-state index contributed by atoms with van der Waals surface area (Å²) < 4.78 is 5.70. The van der Waals surface area contributed by atoms with E-state index in [2.05, 4.69) is 15.2 Å². The first-order valence-corrected chi connectivity index (χ1v) is 7.83. The predicted octanol–water partition coefficient (Wildman–Crippen LogP) is 2.20. The van der Waals surface area contributed by atoms with E-state index < -0.39 is 0 Å². The fraction of sp³-hybridized carbons (Fsp3) is 0.714. The van der Waals surface area contributed by atoms with Crippen LogP contribution in [0.1, 0.15) is 31.3 Å².